The number of aromatic amines is 1. The molecule has 20 heavy (non-hydrogen) atoms. The van der Waals surface area contributed by atoms with E-state index in [2.05, 4.69) is 20.4 Å². The number of nitrogens with zero attached hydrogens (tertiary/aromatic N) is 3. The number of amides is 1. The molecule has 2 N–H and O–H groups in total. The Bertz CT molecular complexity index is 747. The highest BCUT2D eigenvalue weighted by Gasteiger charge is 2.57. The van der Waals surface area contributed by atoms with E-state index >= 15 is 0 Å². The summed E-state index contributed by atoms with van der Waals surface area (Å²) in [6, 6.07) is 0. The van der Waals surface area contributed by atoms with E-state index in [1.165, 1.54) is 10.9 Å². The van der Waals surface area contributed by atoms with Gasteiger partial charge in [-0.2, -0.15) is 10.1 Å². The van der Waals surface area contributed by atoms with Crippen molar-refractivity contribution in [1.82, 2.24) is 19.7 Å². The minimum absolute atomic E-state index is 0.134. The SMILES string of the molecule is Cn1ncc2c(=O)[nH]c(NC(=O)C3(C(F)F)CC3)nc21. The molecule has 0 atom stereocenters. The third-order valence-electron chi connectivity index (χ3n) is 3.49. The van der Waals surface area contributed by atoms with Gasteiger partial charge >= 0.3 is 0 Å². The van der Waals surface area contributed by atoms with Crippen molar-refractivity contribution in [1.29, 1.82) is 0 Å². The van der Waals surface area contributed by atoms with Crippen LogP contribution in [-0.4, -0.2) is 32.1 Å². The van der Waals surface area contributed by atoms with Crippen molar-refractivity contribution in [2.75, 3.05) is 5.32 Å². The highest BCUT2D eigenvalue weighted by molar-refractivity contribution is 5.96. The zero-order valence-corrected chi connectivity index (χ0v) is 10.5. The zero-order chi connectivity index (χ0) is 14.5. The monoisotopic (exact) mass is 283 g/mol. The lowest BCUT2D eigenvalue weighted by Crippen LogP contribution is -2.31. The topological polar surface area (TPSA) is 92.7 Å². The first-order valence-electron chi connectivity index (χ1n) is 5.96. The minimum Gasteiger partial charge on any atom is -0.295 e. The zero-order valence-electron chi connectivity index (χ0n) is 10.5. The molecule has 0 bridgehead atoms. The van der Waals surface area contributed by atoms with Gasteiger partial charge < -0.3 is 0 Å². The Balaban J connectivity index is 1.94. The van der Waals surface area contributed by atoms with Crippen LogP contribution in [0.1, 0.15) is 12.8 Å². The van der Waals surface area contributed by atoms with Gasteiger partial charge in [-0.15, -0.1) is 0 Å². The average Bonchev–Trinajstić information content (AvgIpc) is 3.11. The molecule has 1 amide bonds. The fourth-order valence-corrected chi connectivity index (χ4v) is 2.00. The van der Waals surface area contributed by atoms with Crippen LogP contribution in [0.15, 0.2) is 11.0 Å². The lowest BCUT2D eigenvalue weighted by molar-refractivity contribution is -0.126. The van der Waals surface area contributed by atoms with Crippen molar-refractivity contribution in [2.24, 2.45) is 12.5 Å². The number of aryl methyl sites for hydroxylation is 1. The van der Waals surface area contributed by atoms with Gasteiger partial charge in [0.2, 0.25) is 11.9 Å². The molecule has 7 nitrogen and oxygen atoms in total. The van der Waals surface area contributed by atoms with Crippen molar-refractivity contribution in [3.8, 4) is 0 Å². The summed E-state index contributed by atoms with van der Waals surface area (Å²) in [4.78, 5) is 29.9. The second-order valence-corrected chi connectivity index (χ2v) is 4.83. The van der Waals surface area contributed by atoms with Crippen molar-refractivity contribution >= 4 is 22.9 Å². The highest BCUT2D eigenvalue weighted by Crippen LogP contribution is 2.51. The Morgan fingerprint density at radius 2 is 2.25 bits per heavy atom. The number of carbonyl (C=O) groups excluding carboxylic acids is 1. The number of hydrogen-bond acceptors (Lipinski definition) is 4. The second-order valence-electron chi connectivity index (χ2n) is 4.83. The fourth-order valence-electron chi connectivity index (χ4n) is 2.00. The fraction of sp³-hybridized carbons (Fsp3) is 0.455. The summed E-state index contributed by atoms with van der Waals surface area (Å²) in [6.45, 7) is 0. The maximum atomic E-state index is 12.8. The number of hydrogen-bond donors (Lipinski definition) is 2. The molecule has 1 aliphatic carbocycles. The molecular formula is C11H11F2N5O2. The van der Waals surface area contributed by atoms with Crippen LogP contribution in [-0.2, 0) is 11.8 Å². The maximum absolute atomic E-state index is 12.8. The molecule has 1 fully saturated rings. The van der Waals surface area contributed by atoms with E-state index in [0.717, 1.165) is 0 Å². The van der Waals surface area contributed by atoms with Crippen LogP contribution in [0.2, 0.25) is 0 Å². The maximum Gasteiger partial charge on any atom is 0.263 e. The van der Waals surface area contributed by atoms with Crippen molar-refractivity contribution in [3.05, 3.63) is 16.6 Å². The van der Waals surface area contributed by atoms with Gasteiger partial charge in [-0.25, -0.2) is 8.78 Å². The number of halogens is 2. The number of H-pyrrole nitrogens is 1. The molecule has 2 aromatic heterocycles. The summed E-state index contributed by atoms with van der Waals surface area (Å²) in [5.74, 6) is -0.972. The van der Waals surface area contributed by atoms with E-state index < -0.39 is 23.3 Å². The van der Waals surface area contributed by atoms with Crippen LogP contribution in [0.3, 0.4) is 0 Å². The van der Waals surface area contributed by atoms with Gasteiger partial charge in [-0.05, 0) is 12.8 Å². The lowest BCUT2D eigenvalue weighted by Gasteiger charge is -2.13. The van der Waals surface area contributed by atoms with E-state index in [9.17, 15) is 18.4 Å². The predicted molar refractivity (Wildman–Crippen MR) is 65.4 cm³/mol. The third-order valence-corrected chi connectivity index (χ3v) is 3.49. The minimum atomic E-state index is -2.73. The summed E-state index contributed by atoms with van der Waals surface area (Å²) < 4.78 is 27.0. The quantitative estimate of drug-likeness (QED) is 0.864. The first-order chi connectivity index (χ1) is 9.44. The van der Waals surface area contributed by atoms with E-state index in [1.807, 2.05) is 0 Å². The van der Waals surface area contributed by atoms with Gasteiger partial charge in [0.25, 0.3) is 12.0 Å². The molecule has 0 radical (unpaired) electrons. The van der Waals surface area contributed by atoms with Crippen molar-refractivity contribution in [3.63, 3.8) is 0 Å². The van der Waals surface area contributed by atoms with Crippen LogP contribution in [0.4, 0.5) is 14.7 Å². The molecule has 1 aliphatic rings. The molecule has 0 spiro atoms. The van der Waals surface area contributed by atoms with Crippen LogP contribution in [0.25, 0.3) is 11.0 Å². The number of anilines is 1. The van der Waals surface area contributed by atoms with Gasteiger partial charge in [0, 0.05) is 7.05 Å². The summed E-state index contributed by atoms with van der Waals surface area (Å²) >= 11 is 0. The molecule has 0 aromatic carbocycles. The Hall–Kier alpha value is -2.32. The van der Waals surface area contributed by atoms with E-state index in [1.54, 1.807) is 7.05 Å². The normalized spacial score (nSPS) is 16.6. The number of fused-ring (bicyclic) bond motifs is 1. The van der Waals surface area contributed by atoms with E-state index in [4.69, 9.17) is 0 Å². The first-order valence-corrected chi connectivity index (χ1v) is 5.96. The number of nitrogens with one attached hydrogen (secondary N) is 2. The first kappa shape index (κ1) is 12.7. The molecule has 0 saturated heterocycles. The van der Waals surface area contributed by atoms with Gasteiger partial charge in [-0.1, -0.05) is 0 Å². The van der Waals surface area contributed by atoms with Gasteiger partial charge in [0.1, 0.15) is 10.8 Å². The molecule has 3 rings (SSSR count). The molecule has 0 aliphatic heterocycles. The second kappa shape index (κ2) is 4.09. The summed E-state index contributed by atoms with van der Waals surface area (Å²) in [7, 11) is 1.59. The molecule has 106 valence electrons. The third kappa shape index (κ3) is 1.77. The van der Waals surface area contributed by atoms with Crippen molar-refractivity contribution in [2.45, 2.75) is 19.3 Å². The standard InChI is InChI=1S/C11H11F2N5O2/c1-18-6-5(4-14-18)7(19)16-10(15-6)17-9(20)11(2-3-11)8(12)13/h4,8H,2-3H2,1H3,(H2,15,16,17,19,20). The van der Waals surface area contributed by atoms with E-state index in [-0.39, 0.29) is 29.8 Å². The van der Waals surface area contributed by atoms with Gasteiger partial charge in [-0.3, -0.25) is 24.6 Å². The van der Waals surface area contributed by atoms with Crippen LogP contribution < -0.4 is 10.9 Å². The number of carbonyl (C=O) groups is 1. The molecule has 2 aromatic rings. The number of aromatic nitrogens is 4. The Morgan fingerprint density at radius 3 is 2.85 bits per heavy atom. The van der Waals surface area contributed by atoms with Crippen LogP contribution >= 0.6 is 0 Å². The van der Waals surface area contributed by atoms with Gasteiger partial charge in [0.15, 0.2) is 5.65 Å². The molecular weight excluding hydrogens is 272 g/mol. The highest BCUT2D eigenvalue weighted by atomic mass is 19.3. The molecule has 0 unspecified atom stereocenters. The largest absolute Gasteiger partial charge is 0.295 e. The smallest absolute Gasteiger partial charge is 0.263 e. The molecule has 1 saturated carbocycles. The Kier molecular flexibility index (Phi) is 2.59. The Labute approximate surface area is 111 Å². The van der Waals surface area contributed by atoms with Crippen LogP contribution in [0.5, 0.6) is 0 Å². The van der Waals surface area contributed by atoms with Gasteiger partial charge in [0.05, 0.1) is 6.20 Å². The average molecular weight is 283 g/mol. The summed E-state index contributed by atoms with van der Waals surface area (Å²) in [5.41, 5.74) is -1.86. The molecule has 9 heteroatoms. The number of alkyl halides is 2. The van der Waals surface area contributed by atoms with E-state index in [0.29, 0.717) is 0 Å². The number of rotatable bonds is 3. The lowest BCUT2D eigenvalue weighted by atomic mass is 10.1. The van der Waals surface area contributed by atoms with Crippen molar-refractivity contribution < 1.29 is 13.6 Å². The molecule has 2 heterocycles. The van der Waals surface area contributed by atoms with Crippen LogP contribution in [0, 0.1) is 5.41 Å². The predicted octanol–water partition coefficient (Wildman–Crippen LogP) is 0.640. The summed E-state index contributed by atoms with van der Waals surface area (Å²) in [5, 5.41) is 6.38. The summed E-state index contributed by atoms with van der Waals surface area (Å²) in [6.07, 6.45) is -1.12. The Morgan fingerprint density at radius 1 is 1.55 bits per heavy atom.